The van der Waals surface area contributed by atoms with E-state index in [1.54, 1.807) is 0 Å². The molecule has 3 rings (SSSR count). The molecule has 1 nitrogen and oxygen atoms in total. The molecule has 1 aliphatic carbocycles. The van der Waals surface area contributed by atoms with Crippen molar-refractivity contribution in [2.75, 3.05) is 0 Å². The van der Waals surface area contributed by atoms with Crippen LogP contribution in [0.4, 0.5) is 8.78 Å². The number of nitrogens with one attached hydrogen (secondary N) is 1. The van der Waals surface area contributed by atoms with Gasteiger partial charge in [-0.25, -0.2) is 8.78 Å². The van der Waals surface area contributed by atoms with Crippen LogP contribution < -0.4 is 5.32 Å². The highest BCUT2D eigenvalue weighted by Gasteiger charge is 2.20. The Morgan fingerprint density at radius 1 is 1.05 bits per heavy atom. The number of benzene rings is 2. The van der Waals surface area contributed by atoms with E-state index in [2.05, 4.69) is 5.32 Å². The van der Waals surface area contributed by atoms with Crippen molar-refractivity contribution in [1.82, 2.24) is 5.32 Å². The third kappa shape index (κ3) is 3.05. The molecule has 0 aliphatic heterocycles. The van der Waals surface area contributed by atoms with Crippen LogP contribution in [0.25, 0.3) is 11.1 Å². The lowest BCUT2D eigenvalue weighted by Gasteiger charge is -2.12. The van der Waals surface area contributed by atoms with E-state index in [4.69, 9.17) is 0 Å². The zero-order chi connectivity index (χ0) is 14.1. The molecule has 104 valence electrons. The van der Waals surface area contributed by atoms with E-state index < -0.39 is 11.6 Å². The molecule has 1 aliphatic rings. The number of rotatable bonds is 4. The predicted octanol–water partition coefficient (Wildman–Crippen LogP) is 4.19. The van der Waals surface area contributed by atoms with Crippen LogP contribution in [0.3, 0.4) is 0 Å². The number of hydrogen-bond acceptors (Lipinski definition) is 1. The van der Waals surface area contributed by atoms with E-state index in [1.165, 1.54) is 25.0 Å². The van der Waals surface area contributed by atoms with Crippen molar-refractivity contribution in [2.45, 2.75) is 32.4 Å². The molecule has 0 saturated heterocycles. The SMILES string of the molecule is Cc1ccc(CNC2CC2)c(-c2cc(F)cc(F)c2)c1. The number of hydrogen-bond donors (Lipinski definition) is 1. The first-order valence-electron chi connectivity index (χ1n) is 6.91. The van der Waals surface area contributed by atoms with Crippen molar-refractivity contribution in [2.24, 2.45) is 0 Å². The van der Waals surface area contributed by atoms with Crippen LogP contribution in [-0.2, 0) is 6.54 Å². The summed E-state index contributed by atoms with van der Waals surface area (Å²) in [5, 5.41) is 3.44. The third-order valence-electron chi connectivity index (χ3n) is 3.60. The molecule has 1 fully saturated rings. The van der Waals surface area contributed by atoms with E-state index in [0.717, 1.165) is 29.3 Å². The summed E-state index contributed by atoms with van der Waals surface area (Å²) in [5.74, 6) is -1.08. The molecule has 0 bridgehead atoms. The molecular formula is C17H17F2N. The minimum absolute atomic E-state index is 0.539. The Bertz CT molecular complexity index is 613. The maximum atomic E-state index is 13.4. The largest absolute Gasteiger partial charge is 0.310 e. The Kier molecular flexibility index (Phi) is 3.53. The van der Waals surface area contributed by atoms with Crippen LogP contribution in [0.1, 0.15) is 24.0 Å². The Morgan fingerprint density at radius 3 is 2.40 bits per heavy atom. The van der Waals surface area contributed by atoms with Gasteiger partial charge in [0.25, 0.3) is 0 Å². The standard InChI is InChI=1S/C17H17F2N/c1-11-2-3-12(10-20-16-4-5-16)17(6-11)13-7-14(18)9-15(19)8-13/h2-3,6-9,16,20H,4-5,10H2,1H3. The summed E-state index contributed by atoms with van der Waals surface area (Å²) in [6.45, 7) is 2.72. The fraction of sp³-hybridized carbons (Fsp3) is 0.294. The first kappa shape index (κ1) is 13.3. The second-order valence-corrected chi connectivity index (χ2v) is 5.47. The van der Waals surface area contributed by atoms with E-state index >= 15 is 0 Å². The van der Waals surface area contributed by atoms with Crippen LogP contribution >= 0.6 is 0 Å². The van der Waals surface area contributed by atoms with Gasteiger partial charge in [0, 0.05) is 18.7 Å². The van der Waals surface area contributed by atoms with E-state index in [-0.39, 0.29) is 0 Å². The quantitative estimate of drug-likeness (QED) is 0.880. The molecule has 2 aromatic carbocycles. The van der Waals surface area contributed by atoms with E-state index in [9.17, 15) is 8.78 Å². The van der Waals surface area contributed by atoms with Crippen molar-refractivity contribution < 1.29 is 8.78 Å². The van der Waals surface area contributed by atoms with Crippen molar-refractivity contribution >= 4 is 0 Å². The van der Waals surface area contributed by atoms with Crippen LogP contribution in [0, 0.1) is 18.6 Å². The van der Waals surface area contributed by atoms with E-state index in [1.807, 2.05) is 25.1 Å². The smallest absolute Gasteiger partial charge is 0.126 e. The zero-order valence-corrected chi connectivity index (χ0v) is 11.4. The van der Waals surface area contributed by atoms with Gasteiger partial charge in [0.1, 0.15) is 11.6 Å². The first-order valence-corrected chi connectivity index (χ1v) is 6.91. The molecule has 0 aromatic heterocycles. The molecule has 1 saturated carbocycles. The lowest BCUT2D eigenvalue weighted by Crippen LogP contribution is -2.15. The van der Waals surface area contributed by atoms with Crippen LogP contribution in [0.5, 0.6) is 0 Å². The molecule has 0 atom stereocenters. The van der Waals surface area contributed by atoms with Gasteiger partial charge in [0.2, 0.25) is 0 Å². The molecule has 0 heterocycles. The summed E-state index contributed by atoms with van der Waals surface area (Å²) in [4.78, 5) is 0. The highest BCUT2D eigenvalue weighted by Crippen LogP contribution is 2.28. The molecule has 20 heavy (non-hydrogen) atoms. The van der Waals surface area contributed by atoms with Gasteiger partial charge >= 0.3 is 0 Å². The zero-order valence-electron chi connectivity index (χ0n) is 11.4. The van der Waals surface area contributed by atoms with Gasteiger partial charge in [-0.2, -0.15) is 0 Å². The average molecular weight is 273 g/mol. The average Bonchev–Trinajstić information content (AvgIpc) is 3.20. The molecule has 0 radical (unpaired) electrons. The normalized spacial score (nSPS) is 14.6. The molecule has 0 amide bonds. The highest BCUT2D eigenvalue weighted by atomic mass is 19.1. The van der Waals surface area contributed by atoms with Gasteiger partial charge in [-0.15, -0.1) is 0 Å². The maximum absolute atomic E-state index is 13.4. The fourth-order valence-corrected chi connectivity index (χ4v) is 2.36. The topological polar surface area (TPSA) is 12.0 Å². The van der Waals surface area contributed by atoms with Crippen molar-refractivity contribution in [3.8, 4) is 11.1 Å². The van der Waals surface area contributed by atoms with E-state index in [0.29, 0.717) is 11.6 Å². The second-order valence-electron chi connectivity index (χ2n) is 5.47. The molecule has 2 aromatic rings. The Hall–Kier alpha value is -1.74. The van der Waals surface area contributed by atoms with Gasteiger partial charge < -0.3 is 5.32 Å². The summed E-state index contributed by atoms with van der Waals surface area (Å²) >= 11 is 0. The Morgan fingerprint density at radius 2 is 1.75 bits per heavy atom. The fourth-order valence-electron chi connectivity index (χ4n) is 2.36. The van der Waals surface area contributed by atoms with Gasteiger partial charge in [0.05, 0.1) is 0 Å². The molecule has 1 N–H and O–H groups in total. The lowest BCUT2D eigenvalue weighted by atomic mass is 9.97. The maximum Gasteiger partial charge on any atom is 0.126 e. The van der Waals surface area contributed by atoms with Gasteiger partial charge in [0.15, 0.2) is 0 Å². The first-order chi connectivity index (χ1) is 9.61. The van der Waals surface area contributed by atoms with Gasteiger partial charge in [-0.05, 0) is 48.6 Å². The van der Waals surface area contributed by atoms with Gasteiger partial charge in [-0.3, -0.25) is 0 Å². The van der Waals surface area contributed by atoms with Gasteiger partial charge in [-0.1, -0.05) is 23.8 Å². The van der Waals surface area contributed by atoms with Crippen LogP contribution in [0.15, 0.2) is 36.4 Å². The Balaban J connectivity index is 1.98. The van der Waals surface area contributed by atoms with Crippen molar-refractivity contribution in [3.05, 3.63) is 59.2 Å². The monoisotopic (exact) mass is 273 g/mol. The number of halogens is 2. The van der Waals surface area contributed by atoms with Crippen LogP contribution in [-0.4, -0.2) is 6.04 Å². The second kappa shape index (κ2) is 5.33. The van der Waals surface area contributed by atoms with Crippen molar-refractivity contribution in [3.63, 3.8) is 0 Å². The molecule has 0 unspecified atom stereocenters. The summed E-state index contributed by atoms with van der Waals surface area (Å²) in [7, 11) is 0. The number of aryl methyl sites for hydroxylation is 1. The van der Waals surface area contributed by atoms with Crippen molar-refractivity contribution in [1.29, 1.82) is 0 Å². The summed E-state index contributed by atoms with van der Waals surface area (Å²) in [5.41, 5.74) is 3.66. The third-order valence-corrected chi connectivity index (χ3v) is 3.60. The molecule has 0 spiro atoms. The van der Waals surface area contributed by atoms with Crippen LogP contribution in [0.2, 0.25) is 0 Å². The minimum Gasteiger partial charge on any atom is -0.310 e. The summed E-state index contributed by atoms with van der Waals surface area (Å²) in [6, 6.07) is 10.3. The lowest BCUT2D eigenvalue weighted by molar-refractivity contribution is 0.584. The Labute approximate surface area is 117 Å². The predicted molar refractivity (Wildman–Crippen MR) is 76.4 cm³/mol. The highest BCUT2D eigenvalue weighted by molar-refractivity contribution is 5.68. The summed E-state index contributed by atoms with van der Waals surface area (Å²) < 4.78 is 26.8. The summed E-state index contributed by atoms with van der Waals surface area (Å²) in [6.07, 6.45) is 2.44. The minimum atomic E-state index is -0.539. The molecule has 3 heteroatoms. The molecular weight excluding hydrogens is 256 g/mol.